The van der Waals surface area contributed by atoms with Crippen LogP contribution in [0.1, 0.15) is 19.3 Å². The molecular weight excluding hydrogens is 363 g/mol. The highest BCUT2D eigenvalue weighted by atomic mass is 19.4. The molecular formula is C18H22F3N3O3. The molecule has 2 aromatic rings. The molecule has 0 atom stereocenters. The Kier molecular flexibility index (Phi) is 6.20. The molecule has 27 heavy (non-hydrogen) atoms. The van der Waals surface area contributed by atoms with Crippen LogP contribution in [-0.2, 0) is 9.53 Å². The van der Waals surface area contributed by atoms with Crippen LogP contribution < -0.4 is 10.2 Å². The fourth-order valence-electron chi connectivity index (χ4n) is 3.05. The number of oxazole rings is 1. The Bertz CT molecular complexity index is 722. The Hall–Kier alpha value is -2.29. The lowest BCUT2D eigenvalue weighted by molar-refractivity contribution is -0.174. The molecule has 0 saturated carbocycles. The molecule has 0 aliphatic carbocycles. The molecule has 6 nitrogen and oxygen atoms in total. The number of carbonyl (C=O) groups is 1. The van der Waals surface area contributed by atoms with Crippen LogP contribution in [0.25, 0.3) is 11.1 Å². The summed E-state index contributed by atoms with van der Waals surface area (Å²) in [6, 6.07) is 8.11. The fourth-order valence-corrected chi connectivity index (χ4v) is 3.05. The molecule has 0 bridgehead atoms. The monoisotopic (exact) mass is 385 g/mol. The van der Waals surface area contributed by atoms with Crippen molar-refractivity contribution in [3.8, 4) is 0 Å². The van der Waals surface area contributed by atoms with Crippen LogP contribution in [0.15, 0.2) is 28.7 Å². The van der Waals surface area contributed by atoms with Crippen molar-refractivity contribution in [2.45, 2.75) is 25.4 Å². The van der Waals surface area contributed by atoms with Gasteiger partial charge in [-0.2, -0.15) is 18.2 Å². The number of benzene rings is 1. The average molecular weight is 385 g/mol. The van der Waals surface area contributed by atoms with Gasteiger partial charge in [0.25, 0.3) is 6.01 Å². The van der Waals surface area contributed by atoms with Gasteiger partial charge in [-0.3, -0.25) is 4.79 Å². The second-order valence-electron chi connectivity index (χ2n) is 6.54. The zero-order chi connectivity index (χ0) is 19.3. The maximum atomic E-state index is 12.2. The van der Waals surface area contributed by atoms with E-state index in [2.05, 4.69) is 15.0 Å². The largest absolute Gasteiger partial charge is 0.423 e. The number of hydrogen-bond acceptors (Lipinski definition) is 5. The van der Waals surface area contributed by atoms with E-state index < -0.39 is 12.8 Å². The number of halogens is 3. The highest BCUT2D eigenvalue weighted by molar-refractivity contribution is 5.79. The highest BCUT2D eigenvalue weighted by Gasteiger charge is 2.28. The number of nitrogens with zero attached hydrogens (tertiary/aromatic N) is 2. The summed E-state index contributed by atoms with van der Waals surface area (Å²) in [5.41, 5.74) is 1.54. The van der Waals surface area contributed by atoms with Gasteiger partial charge >= 0.3 is 6.18 Å². The van der Waals surface area contributed by atoms with Crippen LogP contribution in [0.5, 0.6) is 0 Å². The van der Waals surface area contributed by atoms with E-state index in [4.69, 9.17) is 4.42 Å². The van der Waals surface area contributed by atoms with Gasteiger partial charge in [0.2, 0.25) is 5.91 Å². The number of rotatable bonds is 7. The third kappa shape index (κ3) is 5.59. The summed E-state index contributed by atoms with van der Waals surface area (Å²) in [7, 11) is 0. The maximum absolute atomic E-state index is 12.2. The van der Waals surface area contributed by atoms with Crippen LogP contribution in [0, 0.1) is 5.92 Å². The fraction of sp³-hybridized carbons (Fsp3) is 0.556. The van der Waals surface area contributed by atoms with E-state index in [-0.39, 0.29) is 18.4 Å². The minimum Gasteiger partial charge on any atom is -0.423 e. The first-order chi connectivity index (χ1) is 12.9. The lowest BCUT2D eigenvalue weighted by Crippen LogP contribution is -2.41. The Balaban J connectivity index is 1.36. The molecule has 1 saturated heterocycles. The Morgan fingerprint density at radius 3 is 2.74 bits per heavy atom. The Labute approximate surface area is 154 Å². The third-order valence-electron chi connectivity index (χ3n) is 4.45. The molecule has 1 amide bonds. The number of ether oxygens (including phenoxy) is 1. The number of hydrogen-bond donors (Lipinski definition) is 1. The van der Waals surface area contributed by atoms with Gasteiger partial charge in [0.1, 0.15) is 12.1 Å². The lowest BCUT2D eigenvalue weighted by atomic mass is 9.96. The SMILES string of the molecule is O=C(NCCCOCC(F)(F)F)C1CCN(c2nc3ccccc3o2)CC1. The van der Waals surface area contributed by atoms with Crippen molar-refractivity contribution < 1.29 is 27.1 Å². The Morgan fingerprint density at radius 2 is 2.04 bits per heavy atom. The number of aromatic nitrogens is 1. The standard InChI is InChI=1S/C18H22F3N3O3/c19-18(20,21)12-26-11-3-8-22-16(25)13-6-9-24(10-7-13)17-23-14-4-1-2-5-15(14)27-17/h1-2,4-5,13H,3,6-12H2,(H,22,25). The minimum atomic E-state index is -4.31. The summed E-state index contributed by atoms with van der Waals surface area (Å²) >= 11 is 0. The van der Waals surface area contributed by atoms with Crippen molar-refractivity contribution in [3.05, 3.63) is 24.3 Å². The molecule has 2 heterocycles. The molecule has 1 aromatic heterocycles. The van der Waals surface area contributed by atoms with E-state index in [1.54, 1.807) is 0 Å². The average Bonchev–Trinajstić information content (AvgIpc) is 3.08. The first kappa shape index (κ1) is 19.5. The van der Waals surface area contributed by atoms with Gasteiger partial charge in [-0.1, -0.05) is 12.1 Å². The van der Waals surface area contributed by atoms with Crippen molar-refractivity contribution in [3.63, 3.8) is 0 Å². The molecule has 1 N–H and O–H groups in total. The topological polar surface area (TPSA) is 67.6 Å². The molecule has 148 valence electrons. The minimum absolute atomic E-state index is 0.0318. The predicted molar refractivity (Wildman–Crippen MR) is 93.4 cm³/mol. The molecule has 1 aromatic carbocycles. The van der Waals surface area contributed by atoms with E-state index in [9.17, 15) is 18.0 Å². The number of alkyl halides is 3. The lowest BCUT2D eigenvalue weighted by Gasteiger charge is -2.30. The zero-order valence-corrected chi connectivity index (χ0v) is 14.8. The van der Waals surface area contributed by atoms with Gasteiger partial charge in [-0.05, 0) is 31.4 Å². The predicted octanol–water partition coefficient (Wildman–Crippen LogP) is 3.13. The van der Waals surface area contributed by atoms with Crippen molar-refractivity contribution in [2.75, 3.05) is 37.7 Å². The van der Waals surface area contributed by atoms with E-state index >= 15 is 0 Å². The zero-order valence-electron chi connectivity index (χ0n) is 14.8. The number of carbonyl (C=O) groups excluding carboxylic acids is 1. The second-order valence-corrected chi connectivity index (χ2v) is 6.54. The first-order valence-corrected chi connectivity index (χ1v) is 8.95. The quantitative estimate of drug-likeness (QED) is 0.742. The molecule has 0 unspecified atom stereocenters. The van der Waals surface area contributed by atoms with Crippen LogP contribution in [0.2, 0.25) is 0 Å². The van der Waals surface area contributed by atoms with E-state index in [0.29, 0.717) is 44.9 Å². The van der Waals surface area contributed by atoms with Gasteiger partial charge in [-0.15, -0.1) is 0 Å². The second kappa shape index (κ2) is 8.60. The number of para-hydroxylation sites is 2. The van der Waals surface area contributed by atoms with Crippen LogP contribution in [0.3, 0.4) is 0 Å². The summed E-state index contributed by atoms with van der Waals surface area (Å²) in [6.45, 7) is 0.354. The van der Waals surface area contributed by atoms with E-state index in [1.807, 2.05) is 29.2 Å². The van der Waals surface area contributed by atoms with Crippen LogP contribution in [-0.4, -0.2) is 49.9 Å². The van der Waals surface area contributed by atoms with Crippen LogP contribution >= 0.6 is 0 Å². The van der Waals surface area contributed by atoms with Gasteiger partial charge in [0, 0.05) is 32.2 Å². The van der Waals surface area contributed by atoms with Gasteiger partial charge < -0.3 is 19.4 Å². The first-order valence-electron chi connectivity index (χ1n) is 8.95. The Morgan fingerprint density at radius 1 is 1.30 bits per heavy atom. The van der Waals surface area contributed by atoms with Gasteiger partial charge in [-0.25, -0.2) is 0 Å². The molecule has 3 rings (SSSR count). The molecule has 1 aliphatic heterocycles. The van der Waals surface area contributed by atoms with Crippen molar-refractivity contribution in [1.29, 1.82) is 0 Å². The smallest absolute Gasteiger partial charge is 0.411 e. The molecule has 1 aliphatic rings. The molecule has 1 fully saturated rings. The van der Waals surface area contributed by atoms with Crippen LogP contribution in [0.4, 0.5) is 19.2 Å². The van der Waals surface area contributed by atoms with Gasteiger partial charge in [0.15, 0.2) is 5.58 Å². The normalized spacial score (nSPS) is 16.0. The number of anilines is 1. The summed E-state index contributed by atoms with van der Waals surface area (Å²) in [5, 5.41) is 2.77. The number of piperidine rings is 1. The third-order valence-corrected chi connectivity index (χ3v) is 4.45. The van der Waals surface area contributed by atoms with Crippen molar-refractivity contribution in [1.82, 2.24) is 10.3 Å². The summed E-state index contributed by atoms with van der Waals surface area (Å²) in [5.74, 6) is -0.176. The van der Waals surface area contributed by atoms with Crippen molar-refractivity contribution in [2.24, 2.45) is 5.92 Å². The highest BCUT2D eigenvalue weighted by Crippen LogP contribution is 2.26. The summed E-state index contributed by atoms with van der Waals surface area (Å²) in [6.07, 6.45) is -2.61. The number of amides is 1. The van der Waals surface area contributed by atoms with E-state index in [0.717, 1.165) is 11.1 Å². The van der Waals surface area contributed by atoms with Gasteiger partial charge in [0.05, 0.1) is 0 Å². The van der Waals surface area contributed by atoms with Crippen molar-refractivity contribution >= 4 is 23.0 Å². The maximum Gasteiger partial charge on any atom is 0.411 e. The number of nitrogens with one attached hydrogen (secondary N) is 1. The molecule has 0 radical (unpaired) electrons. The van der Waals surface area contributed by atoms with E-state index in [1.165, 1.54) is 0 Å². The summed E-state index contributed by atoms with van der Waals surface area (Å²) in [4.78, 5) is 18.7. The molecule has 9 heteroatoms. The number of fused-ring (bicyclic) bond motifs is 1. The molecule has 0 spiro atoms. The summed E-state index contributed by atoms with van der Waals surface area (Å²) < 4.78 is 46.1.